The number of nitrogens with zero attached hydrogens (tertiary/aromatic N) is 2. The Labute approximate surface area is 168 Å². The molecule has 2 aromatic rings. The van der Waals surface area contributed by atoms with Crippen molar-refractivity contribution in [2.75, 3.05) is 22.8 Å². The lowest BCUT2D eigenvalue weighted by molar-refractivity contribution is -0.384. The minimum atomic E-state index is -3.95. The maximum Gasteiger partial charge on any atom is 0.269 e. The first-order valence-electron chi connectivity index (χ1n) is 8.91. The van der Waals surface area contributed by atoms with Crippen molar-refractivity contribution < 1.29 is 22.9 Å². The van der Waals surface area contributed by atoms with Crippen LogP contribution in [0.4, 0.5) is 17.1 Å². The number of nitro benzene ring substituents is 1. The monoisotopic (exact) mass is 419 g/mol. The lowest BCUT2D eigenvalue weighted by atomic mass is 9.93. The van der Waals surface area contributed by atoms with Crippen molar-refractivity contribution in [3.8, 4) is 5.75 Å². The first-order valence-corrected chi connectivity index (χ1v) is 10.4. The van der Waals surface area contributed by atoms with Gasteiger partial charge in [-0.2, -0.15) is 0 Å². The van der Waals surface area contributed by atoms with Gasteiger partial charge in [0.15, 0.2) is 0 Å². The average molecular weight is 419 g/mol. The Hall–Kier alpha value is -3.14. The summed E-state index contributed by atoms with van der Waals surface area (Å²) in [5.74, 6) is 0.327. The lowest BCUT2D eigenvalue weighted by Crippen LogP contribution is -2.42. The number of anilines is 2. The summed E-state index contributed by atoms with van der Waals surface area (Å²) in [5, 5.41) is 10.7. The van der Waals surface area contributed by atoms with E-state index < -0.39 is 20.4 Å². The molecule has 0 spiro atoms. The standard InChI is InChI=1S/C19H21N3O6S/c1-4-21-16-10-5-13(11-17(16)28-12-19(2,3)18(21)23)20-29(26,27)15-8-6-14(7-9-15)22(24)25/h5-11,20H,4,12H2,1-3H3. The summed E-state index contributed by atoms with van der Waals surface area (Å²) in [6.07, 6.45) is 0. The van der Waals surface area contributed by atoms with Crippen molar-refractivity contribution in [2.45, 2.75) is 25.7 Å². The second-order valence-electron chi connectivity index (χ2n) is 7.26. The quantitative estimate of drug-likeness (QED) is 0.587. The van der Waals surface area contributed by atoms with Crippen LogP contribution in [0.1, 0.15) is 20.8 Å². The molecule has 0 aromatic heterocycles. The molecule has 0 atom stereocenters. The van der Waals surface area contributed by atoms with Gasteiger partial charge >= 0.3 is 0 Å². The van der Waals surface area contributed by atoms with Gasteiger partial charge in [0, 0.05) is 24.7 Å². The maximum atomic E-state index is 12.7. The van der Waals surface area contributed by atoms with Crippen LogP contribution in [0.2, 0.25) is 0 Å². The summed E-state index contributed by atoms with van der Waals surface area (Å²) in [4.78, 5) is 24.4. The maximum absolute atomic E-state index is 12.7. The lowest BCUT2D eigenvalue weighted by Gasteiger charge is -2.26. The van der Waals surface area contributed by atoms with Crippen LogP contribution in [0.3, 0.4) is 0 Å². The largest absolute Gasteiger partial charge is 0.490 e. The van der Waals surface area contributed by atoms with Crippen molar-refractivity contribution in [3.63, 3.8) is 0 Å². The number of hydrogen-bond acceptors (Lipinski definition) is 6. The molecule has 1 N–H and O–H groups in total. The number of non-ortho nitro benzene ring substituents is 1. The molecule has 1 aliphatic rings. The van der Waals surface area contributed by atoms with E-state index in [1.54, 1.807) is 30.9 Å². The molecule has 1 aliphatic heterocycles. The van der Waals surface area contributed by atoms with E-state index in [4.69, 9.17) is 4.74 Å². The number of amides is 1. The highest BCUT2D eigenvalue weighted by Gasteiger charge is 2.37. The molecular formula is C19H21N3O6S. The third kappa shape index (κ3) is 4.02. The van der Waals surface area contributed by atoms with Crippen LogP contribution in [0, 0.1) is 15.5 Å². The average Bonchev–Trinajstić information content (AvgIpc) is 2.76. The molecule has 2 aromatic carbocycles. The van der Waals surface area contributed by atoms with Gasteiger partial charge in [0.2, 0.25) is 5.91 Å². The predicted octanol–water partition coefficient (Wildman–Crippen LogP) is 3.17. The Kier molecular flexibility index (Phi) is 5.22. The molecule has 1 amide bonds. The summed E-state index contributed by atoms with van der Waals surface area (Å²) < 4.78 is 33.5. The SMILES string of the molecule is CCN1C(=O)C(C)(C)COc2cc(NS(=O)(=O)c3ccc([N+](=O)[O-])cc3)ccc21. The van der Waals surface area contributed by atoms with Crippen molar-refractivity contribution in [3.05, 3.63) is 52.6 Å². The number of ether oxygens (including phenoxy) is 1. The molecule has 3 rings (SSSR count). The molecule has 0 unspecified atom stereocenters. The van der Waals surface area contributed by atoms with Crippen molar-refractivity contribution >= 4 is 33.0 Å². The Morgan fingerprint density at radius 2 is 1.86 bits per heavy atom. The van der Waals surface area contributed by atoms with Gasteiger partial charge < -0.3 is 9.64 Å². The van der Waals surface area contributed by atoms with Crippen molar-refractivity contribution in [1.29, 1.82) is 0 Å². The van der Waals surface area contributed by atoms with E-state index >= 15 is 0 Å². The number of nitro groups is 1. The Bertz CT molecular complexity index is 1060. The fraction of sp³-hybridized carbons (Fsp3) is 0.316. The smallest absolute Gasteiger partial charge is 0.269 e. The minimum Gasteiger partial charge on any atom is -0.490 e. The first-order chi connectivity index (χ1) is 13.5. The highest BCUT2D eigenvalue weighted by Crippen LogP contribution is 2.38. The van der Waals surface area contributed by atoms with Crippen LogP contribution in [0.25, 0.3) is 0 Å². The highest BCUT2D eigenvalue weighted by atomic mass is 32.2. The van der Waals surface area contributed by atoms with Crippen LogP contribution in [-0.2, 0) is 14.8 Å². The van der Waals surface area contributed by atoms with E-state index in [-0.39, 0.29) is 28.8 Å². The number of hydrogen-bond donors (Lipinski definition) is 1. The van der Waals surface area contributed by atoms with Crippen molar-refractivity contribution in [1.82, 2.24) is 0 Å². The molecule has 0 bridgehead atoms. The molecule has 29 heavy (non-hydrogen) atoms. The third-order valence-corrected chi connectivity index (χ3v) is 5.99. The minimum absolute atomic E-state index is 0.0713. The number of fused-ring (bicyclic) bond motifs is 1. The zero-order chi connectivity index (χ0) is 21.4. The zero-order valence-electron chi connectivity index (χ0n) is 16.2. The molecule has 9 nitrogen and oxygen atoms in total. The van der Waals surface area contributed by atoms with Crippen LogP contribution in [-0.4, -0.2) is 32.4 Å². The summed E-state index contributed by atoms with van der Waals surface area (Å²) in [7, 11) is -3.95. The summed E-state index contributed by atoms with van der Waals surface area (Å²) in [5.41, 5.74) is -0.0889. The van der Waals surface area contributed by atoms with E-state index in [9.17, 15) is 23.3 Å². The number of rotatable bonds is 5. The van der Waals surface area contributed by atoms with Gasteiger partial charge in [0.1, 0.15) is 12.4 Å². The van der Waals surface area contributed by atoms with Crippen LogP contribution in [0.15, 0.2) is 47.4 Å². The predicted molar refractivity (Wildman–Crippen MR) is 108 cm³/mol. The number of nitrogens with one attached hydrogen (secondary N) is 1. The van der Waals surface area contributed by atoms with Gasteiger partial charge in [0.25, 0.3) is 15.7 Å². The normalized spacial score (nSPS) is 15.8. The Morgan fingerprint density at radius 1 is 1.21 bits per heavy atom. The molecule has 0 aliphatic carbocycles. The van der Waals surface area contributed by atoms with E-state index in [1.165, 1.54) is 18.2 Å². The number of sulfonamides is 1. The van der Waals surface area contributed by atoms with Gasteiger partial charge in [-0.1, -0.05) is 0 Å². The van der Waals surface area contributed by atoms with E-state index in [2.05, 4.69) is 4.72 Å². The Balaban J connectivity index is 1.91. The van der Waals surface area contributed by atoms with Crippen LogP contribution in [0.5, 0.6) is 5.75 Å². The second kappa shape index (κ2) is 7.36. The van der Waals surface area contributed by atoms with E-state index in [1.807, 2.05) is 6.92 Å². The molecule has 0 fully saturated rings. The topological polar surface area (TPSA) is 119 Å². The molecule has 10 heteroatoms. The van der Waals surface area contributed by atoms with Crippen molar-refractivity contribution in [2.24, 2.45) is 5.41 Å². The van der Waals surface area contributed by atoms with Crippen LogP contribution >= 0.6 is 0 Å². The fourth-order valence-corrected chi connectivity index (χ4v) is 4.04. The van der Waals surface area contributed by atoms with Crippen LogP contribution < -0.4 is 14.4 Å². The molecule has 0 saturated carbocycles. The van der Waals surface area contributed by atoms with Gasteiger partial charge in [-0.25, -0.2) is 8.42 Å². The summed E-state index contributed by atoms with van der Waals surface area (Å²) >= 11 is 0. The number of benzene rings is 2. The molecule has 0 saturated heterocycles. The zero-order valence-corrected chi connectivity index (χ0v) is 17.0. The van der Waals surface area contributed by atoms with Gasteiger partial charge in [0.05, 0.1) is 26.6 Å². The van der Waals surface area contributed by atoms with E-state index in [0.29, 0.717) is 18.0 Å². The summed E-state index contributed by atoms with van der Waals surface area (Å²) in [6.45, 7) is 6.05. The first kappa shape index (κ1) is 20.6. The van der Waals surface area contributed by atoms with Gasteiger partial charge in [-0.3, -0.25) is 19.6 Å². The van der Waals surface area contributed by atoms with Gasteiger partial charge in [-0.15, -0.1) is 0 Å². The number of carbonyl (C=O) groups is 1. The van der Waals surface area contributed by atoms with Gasteiger partial charge in [-0.05, 0) is 45.0 Å². The molecule has 154 valence electrons. The molecular weight excluding hydrogens is 398 g/mol. The third-order valence-electron chi connectivity index (χ3n) is 4.59. The molecule has 0 radical (unpaired) electrons. The Morgan fingerprint density at radius 3 is 2.45 bits per heavy atom. The fourth-order valence-electron chi connectivity index (χ4n) is 2.99. The number of carbonyl (C=O) groups excluding carboxylic acids is 1. The van der Waals surface area contributed by atoms with E-state index in [0.717, 1.165) is 12.1 Å². The summed E-state index contributed by atoms with van der Waals surface area (Å²) in [6, 6.07) is 9.28. The molecule has 1 heterocycles. The second-order valence-corrected chi connectivity index (χ2v) is 8.94. The highest BCUT2D eigenvalue weighted by molar-refractivity contribution is 7.92.